The van der Waals surface area contributed by atoms with Crippen molar-refractivity contribution in [1.29, 1.82) is 0 Å². The van der Waals surface area contributed by atoms with E-state index in [0.29, 0.717) is 16.6 Å². The highest BCUT2D eigenvalue weighted by molar-refractivity contribution is 6.30. The Bertz CT molecular complexity index is 1260. The maximum absolute atomic E-state index is 12.4. The summed E-state index contributed by atoms with van der Waals surface area (Å²) in [5.41, 5.74) is 6.19. The molecule has 0 bridgehead atoms. The van der Waals surface area contributed by atoms with Gasteiger partial charge in [0.1, 0.15) is 11.0 Å². The molecule has 4 aromatic rings. The van der Waals surface area contributed by atoms with Gasteiger partial charge in [-0.05, 0) is 72.0 Å². The second kappa shape index (κ2) is 8.74. The lowest BCUT2D eigenvalue weighted by Gasteiger charge is -2.05. The molecule has 0 saturated carbocycles. The fourth-order valence-electron chi connectivity index (χ4n) is 3.23. The molecular weight excluding hydrogens is 408 g/mol. The first-order valence-electron chi connectivity index (χ1n) is 10.1. The van der Waals surface area contributed by atoms with Crippen LogP contribution in [0.1, 0.15) is 36.5 Å². The number of anilines is 1. The maximum Gasteiger partial charge on any atom is 0.248 e. The molecule has 0 aliphatic carbocycles. The lowest BCUT2D eigenvalue weighted by atomic mass is 10.0. The van der Waals surface area contributed by atoms with Crippen LogP contribution in [0.3, 0.4) is 0 Å². The van der Waals surface area contributed by atoms with Crippen molar-refractivity contribution in [2.45, 2.75) is 26.7 Å². The third-order valence-corrected chi connectivity index (χ3v) is 5.32. The molecule has 0 fully saturated rings. The molecule has 0 radical (unpaired) electrons. The number of carbonyl (C=O) groups excluding carboxylic acids is 1. The van der Waals surface area contributed by atoms with E-state index >= 15 is 0 Å². The van der Waals surface area contributed by atoms with Gasteiger partial charge in [0, 0.05) is 16.8 Å². The van der Waals surface area contributed by atoms with Gasteiger partial charge in [-0.2, -0.15) is 4.80 Å². The van der Waals surface area contributed by atoms with E-state index in [1.54, 1.807) is 23.0 Å². The number of halogens is 1. The summed E-state index contributed by atoms with van der Waals surface area (Å²) in [5.74, 6) is 0.260. The predicted octanol–water partition coefficient (Wildman–Crippen LogP) is 6.16. The highest BCUT2D eigenvalue weighted by Crippen LogP contribution is 2.23. The highest BCUT2D eigenvalue weighted by Gasteiger charge is 2.10. The van der Waals surface area contributed by atoms with E-state index in [1.165, 1.54) is 11.6 Å². The minimum Gasteiger partial charge on any atom is -0.322 e. The molecule has 0 spiro atoms. The van der Waals surface area contributed by atoms with Crippen LogP contribution in [0, 0.1) is 6.92 Å². The second-order valence-electron chi connectivity index (χ2n) is 7.77. The molecule has 6 heteroatoms. The molecule has 0 atom stereocenters. The number of fused-ring (bicyclic) bond motifs is 1. The van der Waals surface area contributed by atoms with Gasteiger partial charge in [0.15, 0.2) is 0 Å². The molecule has 5 nitrogen and oxygen atoms in total. The Balaban J connectivity index is 1.54. The molecule has 1 amide bonds. The molecular formula is C25H23ClN4O. The number of aryl methyl sites for hydroxylation is 1. The standard InChI is InChI=1S/C25H23ClN4O/c1-16(2)19-7-11-21(12-8-19)30-28-23-14-17(3)22(15-24(23)29-30)27-25(31)13-6-18-4-9-20(26)10-5-18/h4-16H,1-3H3,(H,27,31). The van der Waals surface area contributed by atoms with Crippen LogP contribution in [0.25, 0.3) is 22.8 Å². The number of nitrogens with zero attached hydrogens (tertiary/aromatic N) is 3. The molecule has 156 valence electrons. The van der Waals surface area contributed by atoms with Crippen LogP contribution in [-0.2, 0) is 4.79 Å². The highest BCUT2D eigenvalue weighted by atomic mass is 35.5. The Hall–Kier alpha value is -3.44. The first-order chi connectivity index (χ1) is 14.9. The average molecular weight is 431 g/mol. The lowest BCUT2D eigenvalue weighted by Crippen LogP contribution is -2.08. The molecule has 0 saturated heterocycles. The van der Waals surface area contributed by atoms with Gasteiger partial charge in [0.25, 0.3) is 0 Å². The summed E-state index contributed by atoms with van der Waals surface area (Å²) >= 11 is 5.89. The first kappa shape index (κ1) is 20.8. The number of nitrogens with one attached hydrogen (secondary N) is 1. The van der Waals surface area contributed by atoms with Gasteiger partial charge < -0.3 is 5.32 Å². The zero-order chi connectivity index (χ0) is 22.0. The third-order valence-electron chi connectivity index (χ3n) is 5.07. The summed E-state index contributed by atoms with van der Waals surface area (Å²) in [5, 5.41) is 12.8. The van der Waals surface area contributed by atoms with E-state index in [-0.39, 0.29) is 5.91 Å². The summed E-state index contributed by atoms with van der Waals surface area (Å²) in [6, 6.07) is 19.3. The van der Waals surface area contributed by atoms with Crippen molar-refractivity contribution in [2.24, 2.45) is 0 Å². The summed E-state index contributed by atoms with van der Waals surface area (Å²) < 4.78 is 0. The number of carbonyl (C=O) groups is 1. The fourth-order valence-corrected chi connectivity index (χ4v) is 3.36. The number of rotatable bonds is 5. The van der Waals surface area contributed by atoms with E-state index in [4.69, 9.17) is 11.6 Å². The summed E-state index contributed by atoms with van der Waals surface area (Å²) in [7, 11) is 0. The van der Waals surface area contributed by atoms with Crippen molar-refractivity contribution in [3.8, 4) is 5.69 Å². The number of benzene rings is 3. The molecule has 0 unspecified atom stereocenters. The second-order valence-corrected chi connectivity index (χ2v) is 8.20. The van der Waals surface area contributed by atoms with Crippen molar-refractivity contribution < 1.29 is 4.79 Å². The van der Waals surface area contributed by atoms with E-state index in [9.17, 15) is 4.79 Å². The van der Waals surface area contributed by atoms with Gasteiger partial charge in [0.2, 0.25) is 5.91 Å². The van der Waals surface area contributed by atoms with Gasteiger partial charge in [-0.25, -0.2) is 0 Å². The number of amides is 1. The van der Waals surface area contributed by atoms with Crippen LogP contribution in [0.4, 0.5) is 5.69 Å². The van der Waals surface area contributed by atoms with Gasteiger partial charge in [-0.3, -0.25) is 4.79 Å². The van der Waals surface area contributed by atoms with Crippen LogP contribution in [0.2, 0.25) is 5.02 Å². The summed E-state index contributed by atoms with van der Waals surface area (Å²) in [6.45, 7) is 6.27. The minimum atomic E-state index is -0.214. The SMILES string of the molecule is Cc1cc2nn(-c3ccc(C(C)C)cc3)nc2cc1NC(=O)C=Cc1ccc(Cl)cc1. The lowest BCUT2D eigenvalue weighted by molar-refractivity contribution is -0.111. The van der Waals surface area contributed by atoms with Crippen molar-refractivity contribution in [3.63, 3.8) is 0 Å². The Morgan fingerprint density at radius 3 is 2.29 bits per heavy atom. The molecule has 0 aliphatic heterocycles. The van der Waals surface area contributed by atoms with E-state index < -0.39 is 0 Å². The Kier molecular flexibility index (Phi) is 5.87. The van der Waals surface area contributed by atoms with Gasteiger partial charge in [-0.15, -0.1) is 10.2 Å². The summed E-state index contributed by atoms with van der Waals surface area (Å²) in [6.07, 6.45) is 3.25. The zero-order valence-electron chi connectivity index (χ0n) is 17.6. The monoisotopic (exact) mass is 430 g/mol. The first-order valence-corrected chi connectivity index (χ1v) is 10.5. The van der Waals surface area contributed by atoms with Crippen LogP contribution in [-0.4, -0.2) is 20.9 Å². The van der Waals surface area contributed by atoms with Crippen molar-refractivity contribution in [3.05, 3.63) is 88.5 Å². The topological polar surface area (TPSA) is 59.8 Å². The van der Waals surface area contributed by atoms with Crippen molar-refractivity contribution in [2.75, 3.05) is 5.32 Å². The molecule has 3 aromatic carbocycles. The van der Waals surface area contributed by atoms with Gasteiger partial charge in [-0.1, -0.05) is 49.7 Å². The quantitative estimate of drug-likeness (QED) is 0.386. The van der Waals surface area contributed by atoms with Crippen molar-refractivity contribution >= 4 is 40.3 Å². The van der Waals surface area contributed by atoms with Crippen LogP contribution >= 0.6 is 11.6 Å². The predicted molar refractivity (Wildman–Crippen MR) is 127 cm³/mol. The number of aromatic nitrogens is 3. The molecule has 1 heterocycles. The third kappa shape index (κ3) is 4.84. The zero-order valence-corrected chi connectivity index (χ0v) is 18.4. The maximum atomic E-state index is 12.4. The number of hydrogen-bond acceptors (Lipinski definition) is 3. The van der Waals surface area contributed by atoms with Gasteiger partial charge in [0.05, 0.1) is 5.69 Å². The van der Waals surface area contributed by atoms with Crippen molar-refractivity contribution in [1.82, 2.24) is 15.0 Å². The Morgan fingerprint density at radius 1 is 1.00 bits per heavy atom. The fraction of sp³-hybridized carbons (Fsp3) is 0.160. The van der Waals surface area contributed by atoms with E-state index in [0.717, 1.165) is 27.8 Å². The number of hydrogen-bond donors (Lipinski definition) is 1. The molecule has 1 N–H and O–H groups in total. The molecule has 4 rings (SSSR count). The van der Waals surface area contributed by atoms with Crippen LogP contribution < -0.4 is 5.32 Å². The van der Waals surface area contributed by atoms with Crippen LogP contribution in [0.15, 0.2) is 66.7 Å². The normalized spacial score (nSPS) is 11.5. The largest absolute Gasteiger partial charge is 0.322 e. The Labute approximate surface area is 186 Å². The smallest absolute Gasteiger partial charge is 0.248 e. The van der Waals surface area contributed by atoms with E-state index in [1.807, 2.05) is 43.3 Å². The molecule has 0 aliphatic rings. The summed E-state index contributed by atoms with van der Waals surface area (Å²) in [4.78, 5) is 14.0. The minimum absolute atomic E-state index is 0.214. The van der Waals surface area contributed by atoms with E-state index in [2.05, 4.69) is 41.5 Å². The molecule has 31 heavy (non-hydrogen) atoms. The van der Waals surface area contributed by atoms with Gasteiger partial charge >= 0.3 is 0 Å². The van der Waals surface area contributed by atoms with Crippen LogP contribution in [0.5, 0.6) is 0 Å². The average Bonchev–Trinajstić information content (AvgIpc) is 3.16. The Morgan fingerprint density at radius 2 is 1.65 bits per heavy atom. The molecule has 1 aromatic heterocycles.